The van der Waals surface area contributed by atoms with Gasteiger partial charge < -0.3 is 19.7 Å². The van der Waals surface area contributed by atoms with Gasteiger partial charge in [0.15, 0.2) is 11.5 Å². The molecule has 0 spiro atoms. The number of halogens is 1. The van der Waals surface area contributed by atoms with E-state index in [0.717, 1.165) is 12.7 Å². The van der Waals surface area contributed by atoms with Crippen molar-refractivity contribution >= 4 is 27.5 Å². The van der Waals surface area contributed by atoms with E-state index >= 15 is 0 Å². The minimum Gasteiger partial charge on any atom is -0.486 e. The number of nitrogens with zero attached hydrogens (tertiary/aromatic N) is 2. The standard InChI is InChI=1S/C27H36FN3O6S/c1-5-19(2)29-27(33)20(3)30(18-21-8-10-22(28)11-9-21)26(32)7-6-14-31(38(4,34)35)23-12-13-24-25(17-23)37-16-15-36-24/h8-13,17,19-20H,5-7,14-16,18H2,1-4H3,(H,29,33)/t19-,20-/m1/s1. The first-order chi connectivity index (χ1) is 18.0. The van der Waals surface area contributed by atoms with Gasteiger partial charge >= 0.3 is 0 Å². The number of amides is 2. The van der Waals surface area contributed by atoms with Crippen LogP contribution in [0.4, 0.5) is 10.1 Å². The minimum atomic E-state index is -3.65. The van der Waals surface area contributed by atoms with Gasteiger partial charge in [-0.25, -0.2) is 12.8 Å². The van der Waals surface area contributed by atoms with Gasteiger partial charge in [-0.1, -0.05) is 19.1 Å². The van der Waals surface area contributed by atoms with Crippen LogP contribution < -0.4 is 19.1 Å². The average Bonchev–Trinajstić information content (AvgIpc) is 2.89. The summed E-state index contributed by atoms with van der Waals surface area (Å²) in [5, 5.41) is 2.90. The first-order valence-electron chi connectivity index (χ1n) is 12.7. The second-order valence-corrected chi connectivity index (χ2v) is 11.3. The van der Waals surface area contributed by atoms with E-state index in [-0.39, 0.29) is 43.8 Å². The van der Waals surface area contributed by atoms with Gasteiger partial charge in [0.2, 0.25) is 21.8 Å². The monoisotopic (exact) mass is 549 g/mol. The van der Waals surface area contributed by atoms with Crippen LogP contribution >= 0.6 is 0 Å². The van der Waals surface area contributed by atoms with Crippen molar-refractivity contribution in [1.82, 2.24) is 10.2 Å². The summed E-state index contributed by atoms with van der Waals surface area (Å²) in [7, 11) is -3.65. The molecule has 11 heteroatoms. The van der Waals surface area contributed by atoms with Crippen LogP contribution in [0, 0.1) is 5.82 Å². The highest BCUT2D eigenvalue weighted by atomic mass is 32.2. The van der Waals surface area contributed by atoms with Crippen LogP contribution in [-0.2, 0) is 26.2 Å². The highest BCUT2D eigenvalue weighted by molar-refractivity contribution is 7.92. The Balaban J connectivity index is 1.73. The Morgan fingerprint density at radius 3 is 2.34 bits per heavy atom. The number of anilines is 1. The molecule has 38 heavy (non-hydrogen) atoms. The molecule has 0 aromatic heterocycles. The molecular weight excluding hydrogens is 513 g/mol. The zero-order chi connectivity index (χ0) is 27.9. The van der Waals surface area contributed by atoms with Crippen molar-refractivity contribution in [2.24, 2.45) is 0 Å². The molecule has 0 aliphatic carbocycles. The molecule has 1 aliphatic rings. The van der Waals surface area contributed by atoms with E-state index in [9.17, 15) is 22.4 Å². The molecular formula is C27H36FN3O6S. The summed E-state index contributed by atoms with van der Waals surface area (Å²) in [6.45, 7) is 6.45. The first-order valence-corrected chi connectivity index (χ1v) is 14.6. The maximum absolute atomic E-state index is 13.4. The third kappa shape index (κ3) is 7.83. The Bertz CT molecular complexity index is 1220. The van der Waals surface area contributed by atoms with Crippen molar-refractivity contribution in [3.8, 4) is 11.5 Å². The SMILES string of the molecule is CC[C@@H](C)NC(=O)[C@@H](C)N(Cc1ccc(F)cc1)C(=O)CCCN(c1ccc2c(c1)OCCO2)S(C)(=O)=O. The number of carbonyl (C=O) groups is 2. The van der Waals surface area contributed by atoms with Gasteiger partial charge in [-0.2, -0.15) is 0 Å². The lowest BCUT2D eigenvalue weighted by molar-refractivity contribution is -0.140. The second-order valence-electron chi connectivity index (χ2n) is 9.41. The fourth-order valence-corrected chi connectivity index (χ4v) is 4.98. The predicted octanol–water partition coefficient (Wildman–Crippen LogP) is 3.48. The zero-order valence-corrected chi connectivity index (χ0v) is 23.1. The Labute approximate surface area is 224 Å². The number of carbonyl (C=O) groups excluding carboxylic acids is 2. The second kappa shape index (κ2) is 12.9. The minimum absolute atomic E-state index is 0.0126. The molecule has 2 aromatic carbocycles. The van der Waals surface area contributed by atoms with Gasteiger partial charge in [0.25, 0.3) is 0 Å². The highest BCUT2D eigenvalue weighted by Gasteiger charge is 2.27. The molecule has 3 rings (SSSR count). The van der Waals surface area contributed by atoms with Crippen LogP contribution in [0.25, 0.3) is 0 Å². The number of hydrogen-bond donors (Lipinski definition) is 1. The first kappa shape index (κ1) is 29.2. The number of sulfonamides is 1. The third-order valence-corrected chi connectivity index (χ3v) is 7.59. The Morgan fingerprint density at radius 1 is 1.05 bits per heavy atom. The summed E-state index contributed by atoms with van der Waals surface area (Å²) >= 11 is 0. The molecule has 0 radical (unpaired) electrons. The average molecular weight is 550 g/mol. The molecule has 208 valence electrons. The van der Waals surface area contributed by atoms with Gasteiger partial charge in [0.1, 0.15) is 25.1 Å². The number of benzene rings is 2. The summed E-state index contributed by atoms with van der Waals surface area (Å²) in [5.74, 6) is 0.0182. The molecule has 2 amide bonds. The summed E-state index contributed by atoms with van der Waals surface area (Å²) in [6.07, 6.45) is 2.08. The number of rotatable bonds is 12. The molecule has 0 saturated carbocycles. The zero-order valence-electron chi connectivity index (χ0n) is 22.3. The van der Waals surface area contributed by atoms with Gasteiger partial charge in [0, 0.05) is 31.6 Å². The normalized spacial score (nSPS) is 14.3. The smallest absolute Gasteiger partial charge is 0.242 e. The van der Waals surface area contributed by atoms with Gasteiger partial charge in [-0.3, -0.25) is 13.9 Å². The number of fused-ring (bicyclic) bond motifs is 1. The predicted molar refractivity (Wildman–Crippen MR) is 143 cm³/mol. The van der Waals surface area contributed by atoms with E-state index < -0.39 is 21.9 Å². The molecule has 1 aliphatic heterocycles. The van der Waals surface area contributed by atoms with Crippen molar-refractivity contribution in [2.75, 3.05) is 30.3 Å². The van der Waals surface area contributed by atoms with Crippen molar-refractivity contribution in [3.05, 3.63) is 53.8 Å². The maximum Gasteiger partial charge on any atom is 0.242 e. The van der Waals surface area contributed by atoms with Crippen LogP contribution in [0.2, 0.25) is 0 Å². The lowest BCUT2D eigenvalue weighted by Crippen LogP contribution is -2.49. The molecule has 0 fully saturated rings. The third-order valence-electron chi connectivity index (χ3n) is 6.40. The number of ether oxygens (including phenoxy) is 2. The molecule has 2 aromatic rings. The largest absolute Gasteiger partial charge is 0.486 e. The van der Waals surface area contributed by atoms with Crippen LogP contribution in [-0.4, -0.2) is 63.2 Å². The van der Waals surface area contributed by atoms with Crippen molar-refractivity contribution < 1.29 is 31.9 Å². The van der Waals surface area contributed by atoms with E-state index in [1.165, 1.54) is 21.3 Å². The maximum atomic E-state index is 13.4. The lowest BCUT2D eigenvalue weighted by Gasteiger charge is -2.30. The molecule has 0 unspecified atom stereocenters. The van der Waals surface area contributed by atoms with E-state index in [1.807, 2.05) is 13.8 Å². The van der Waals surface area contributed by atoms with E-state index in [4.69, 9.17) is 9.47 Å². The molecule has 9 nitrogen and oxygen atoms in total. The van der Waals surface area contributed by atoms with Crippen LogP contribution in [0.5, 0.6) is 11.5 Å². The Hall–Kier alpha value is -3.34. The van der Waals surface area contributed by atoms with Crippen molar-refractivity contribution in [1.29, 1.82) is 0 Å². The summed E-state index contributed by atoms with van der Waals surface area (Å²) in [4.78, 5) is 27.6. The van der Waals surface area contributed by atoms with Gasteiger partial charge in [0.05, 0.1) is 11.9 Å². The topological polar surface area (TPSA) is 105 Å². The molecule has 0 saturated heterocycles. The fourth-order valence-electron chi connectivity index (χ4n) is 4.03. The lowest BCUT2D eigenvalue weighted by atomic mass is 10.1. The van der Waals surface area contributed by atoms with Crippen LogP contribution in [0.1, 0.15) is 45.6 Å². The highest BCUT2D eigenvalue weighted by Crippen LogP contribution is 2.34. The molecule has 1 N–H and O–H groups in total. The van der Waals surface area contributed by atoms with Crippen molar-refractivity contribution in [3.63, 3.8) is 0 Å². The fraction of sp³-hybridized carbons (Fsp3) is 0.481. The van der Waals surface area contributed by atoms with E-state index in [0.29, 0.717) is 36.0 Å². The van der Waals surface area contributed by atoms with E-state index in [1.54, 1.807) is 37.3 Å². The molecule has 0 bridgehead atoms. The Kier molecular flexibility index (Phi) is 9.96. The van der Waals surface area contributed by atoms with Gasteiger partial charge in [-0.05, 0) is 56.5 Å². The van der Waals surface area contributed by atoms with Crippen LogP contribution in [0.15, 0.2) is 42.5 Å². The summed E-state index contributed by atoms with van der Waals surface area (Å²) in [5.41, 5.74) is 1.09. The quantitative estimate of drug-likeness (QED) is 0.435. The van der Waals surface area contributed by atoms with Crippen LogP contribution in [0.3, 0.4) is 0 Å². The summed E-state index contributed by atoms with van der Waals surface area (Å²) < 4.78 is 50.9. The van der Waals surface area contributed by atoms with E-state index in [2.05, 4.69) is 5.32 Å². The number of hydrogen-bond acceptors (Lipinski definition) is 6. The Morgan fingerprint density at radius 2 is 1.71 bits per heavy atom. The van der Waals surface area contributed by atoms with Gasteiger partial charge in [-0.15, -0.1) is 0 Å². The van der Waals surface area contributed by atoms with Crippen molar-refractivity contribution in [2.45, 2.75) is 58.7 Å². The molecule has 1 heterocycles. The number of nitrogens with one attached hydrogen (secondary N) is 1. The molecule has 2 atom stereocenters. The summed E-state index contributed by atoms with van der Waals surface area (Å²) in [6, 6.07) is 9.84.